The molecule has 13 heavy (non-hydrogen) atoms. The van der Waals surface area contributed by atoms with Crippen LogP contribution in [0.25, 0.3) is 0 Å². The van der Waals surface area contributed by atoms with Crippen LogP contribution in [-0.4, -0.2) is 24.2 Å². The second kappa shape index (κ2) is 4.70. The molecule has 0 radical (unpaired) electrons. The maximum Gasteiger partial charge on any atom is 0.0572 e. The van der Waals surface area contributed by atoms with Crippen molar-refractivity contribution in [1.29, 1.82) is 0 Å². The molecule has 0 aromatic rings. The van der Waals surface area contributed by atoms with Gasteiger partial charge in [0.05, 0.1) is 6.10 Å². The van der Waals surface area contributed by atoms with Gasteiger partial charge in [-0.05, 0) is 50.2 Å². The molecule has 0 aromatic carbocycles. The summed E-state index contributed by atoms with van der Waals surface area (Å²) in [5.41, 5.74) is 0. The third-order valence-corrected chi connectivity index (χ3v) is 4.83. The van der Waals surface area contributed by atoms with Crippen molar-refractivity contribution in [3.05, 3.63) is 0 Å². The van der Waals surface area contributed by atoms with E-state index < -0.39 is 0 Å². The van der Waals surface area contributed by atoms with E-state index in [1.54, 1.807) is 0 Å². The lowest BCUT2D eigenvalue weighted by atomic mass is 9.97. The van der Waals surface area contributed by atoms with E-state index in [0.29, 0.717) is 6.10 Å². The monoisotopic (exact) mass is 200 g/mol. The Morgan fingerprint density at radius 2 is 1.77 bits per heavy atom. The summed E-state index contributed by atoms with van der Waals surface area (Å²) in [6.07, 6.45) is 8.92. The summed E-state index contributed by atoms with van der Waals surface area (Å²) in [5.74, 6) is 2.52. The number of hydrogen-bond acceptors (Lipinski definition) is 2. The first-order valence-corrected chi connectivity index (χ1v) is 6.57. The highest BCUT2D eigenvalue weighted by molar-refractivity contribution is 7.99. The fraction of sp³-hybridized carbons (Fsp3) is 1.00. The van der Waals surface area contributed by atoms with E-state index in [4.69, 9.17) is 4.74 Å². The largest absolute Gasteiger partial charge is 0.381 e. The lowest BCUT2D eigenvalue weighted by Gasteiger charge is -2.27. The van der Waals surface area contributed by atoms with Crippen LogP contribution in [-0.2, 0) is 4.74 Å². The summed E-state index contributed by atoms with van der Waals surface area (Å²) in [7, 11) is 1.85. The molecule has 2 saturated carbocycles. The number of hydrogen-bond donors (Lipinski definition) is 0. The Bertz CT molecular complexity index is 148. The Balaban J connectivity index is 1.59. The topological polar surface area (TPSA) is 9.23 Å². The average Bonchev–Trinajstić information content (AvgIpc) is 2.99. The molecule has 2 fully saturated rings. The van der Waals surface area contributed by atoms with Gasteiger partial charge in [0.15, 0.2) is 0 Å². The van der Waals surface area contributed by atoms with E-state index in [9.17, 15) is 0 Å². The molecule has 2 aliphatic rings. The van der Waals surface area contributed by atoms with Crippen molar-refractivity contribution in [2.24, 2.45) is 5.92 Å². The molecular formula is C11H20OS. The summed E-state index contributed by atoms with van der Waals surface area (Å²) in [5, 5.41) is 0.951. The van der Waals surface area contributed by atoms with E-state index in [2.05, 4.69) is 11.8 Å². The second-order valence-electron chi connectivity index (χ2n) is 4.41. The van der Waals surface area contributed by atoms with Crippen molar-refractivity contribution in [3.63, 3.8) is 0 Å². The normalized spacial score (nSPS) is 34.8. The van der Waals surface area contributed by atoms with Crippen LogP contribution in [0.4, 0.5) is 0 Å². The van der Waals surface area contributed by atoms with Crippen molar-refractivity contribution < 1.29 is 4.74 Å². The van der Waals surface area contributed by atoms with Gasteiger partial charge in [-0.1, -0.05) is 0 Å². The summed E-state index contributed by atoms with van der Waals surface area (Å²) in [6, 6.07) is 0. The van der Waals surface area contributed by atoms with Crippen molar-refractivity contribution in [2.75, 3.05) is 12.9 Å². The predicted octanol–water partition coefficient (Wildman–Crippen LogP) is 3.09. The zero-order chi connectivity index (χ0) is 9.10. The third-order valence-electron chi connectivity index (χ3n) is 3.22. The molecule has 76 valence electrons. The fourth-order valence-electron chi connectivity index (χ4n) is 1.99. The van der Waals surface area contributed by atoms with E-state index in [1.807, 2.05) is 7.11 Å². The molecule has 0 aromatic heterocycles. The van der Waals surface area contributed by atoms with Gasteiger partial charge in [0.2, 0.25) is 0 Å². The van der Waals surface area contributed by atoms with E-state index in [0.717, 1.165) is 11.2 Å². The summed E-state index contributed by atoms with van der Waals surface area (Å²) >= 11 is 2.22. The van der Waals surface area contributed by atoms with E-state index in [1.165, 1.54) is 44.3 Å². The van der Waals surface area contributed by atoms with Gasteiger partial charge < -0.3 is 4.74 Å². The second-order valence-corrected chi connectivity index (χ2v) is 5.74. The Morgan fingerprint density at radius 1 is 1.08 bits per heavy atom. The number of rotatable bonds is 4. The first kappa shape index (κ1) is 9.85. The molecule has 2 rings (SSSR count). The molecule has 0 amide bonds. The lowest BCUT2D eigenvalue weighted by molar-refractivity contribution is 0.0723. The number of ether oxygens (including phenoxy) is 1. The minimum absolute atomic E-state index is 0.567. The third kappa shape index (κ3) is 3.17. The van der Waals surface area contributed by atoms with Crippen LogP contribution in [0, 0.1) is 5.92 Å². The zero-order valence-corrected chi connectivity index (χ0v) is 9.31. The van der Waals surface area contributed by atoms with Crippen LogP contribution in [0.2, 0.25) is 0 Å². The molecule has 2 aliphatic carbocycles. The minimum atomic E-state index is 0.567. The molecule has 0 unspecified atom stereocenters. The van der Waals surface area contributed by atoms with E-state index in [-0.39, 0.29) is 0 Å². The van der Waals surface area contributed by atoms with Crippen molar-refractivity contribution in [3.8, 4) is 0 Å². The van der Waals surface area contributed by atoms with Crippen molar-refractivity contribution in [1.82, 2.24) is 0 Å². The van der Waals surface area contributed by atoms with Gasteiger partial charge in [-0.15, -0.1) is 0 Å². The van der Waals surface area contributed by atoms with Gasteiger partial charge >= 0.3 is 0 Å². The Labute approximate surface area is 85.6 Å². The van der Waals surface area contributed by atoms with Gasteiger partial charge in [0.25, 0.3) is 0 Å². The molecule has 1 nitrogen and oxygen atoms in total. The molecule has 0 spiro atoms. The Morgan fingerprint density at radius 3 is 2.31 bits per heavy atom. The predicted molar refractivity (Wildman–Crippen MR) is 58.2 cm³/mol. The van der Waals surface area contributed by atoms with Gasteiger partial charge in [0.1, 0.15) is 0 Å². The highest BCUT2D eigenvalue weighted by Gasteiger charge is 2.25. The van der Waals surface area contributed by atoms with Gasteiger partial charge in [-0.2, -0.15) is 11.8 Å². The quantitative estimate of drug-likeness (QED) is 0.689. The zero-order valence-electron chi connectivity index (χ0n) is 8.50. The highest BCUT2D eigenvalue weighted by atomic mass is 32.2. The summed E-state index contributed by atoms with van der Waals surface area (Å²) < 4.78 is 5.37. The highest BCUT2D eigenvalue weighted by Crippen LogP contribution is 2.37. The fourth-order valence-corrected chi connectivity index (χ4v) is 3.47. The molecule has 0 aliphatic heterocycles. The maximum atomic E-state index is 5.37. The van der Waals surface area contributed by atoms with Crippen LogP contribution in [0.5, 0.6) is 0 Å². The van der Waals surface area contributed by atoms with Gasteiger partial charge in [0, 0.05) is 12.4 Å². The summed E-state index contributed by atoms with van der Waals surface area (Å²) in [6.45, 7) is 0. The van der Waals surface area contributed by atoms with Gasteiger partial charge in [-0.25, -0.2) is 0 Å². The molecular weight excluding hydrogens is 180 g/mol. The minimum Gasteiger partial charge on any atom is -0.381 e. The van der Waals surface area contributed by atoms with Crippen LogP contribution >= 0.6 is 11.8 Å². The number of methoxy groups -OCH3 is 1. The molecule has 0 bridgehead atoms. The van der Waals surface area contributed by atoms with Crippen molar-refractivity contribution in [2.45, 2.75) is 49.9 Å². The molecule has 2 heteroatoms. The summed E-state index contributed by atoms with van der Waals surface area (Å²) in [4.78, 5) is 0. The van der Waals surface area contributed by atoms with Crippen LogP contribution in [0.1, 0.15) is 38.5 Å². The Kier molecular flexibility index (Phi) is 3.56. The average molecular weight is 200 g/mol. The van der Waals surface area contributed by atoms with Crippen molar-refractivity contribution >= 4 is 11.8 Å². The maximum absolute atomic E-state index is 5.37. The van der Waals surface area contributed by atoms with Crippen LogP contribution in [0.15, 0.2) is 0 Å². The SMILES string of the molecule is COC1CCC(SCC2CC2)CC1. The molecule has 0 saturated heterocycles. The smallest absolute Gasteiger partial charge is 0.0572 e. The first-order chi connectivity index (χ1) is 6.38. The number of thioether (sulfide) groups is 1. The molecule has 0 heterocycles. The van der Waals surface area contributed by atoms with E-state index >= 15 is 0 Å². The lowest BCUT2D eigenvalue weighted by Crippen LogP contribution is -2.22. The van der Waals surface area contributed by atoms with Crippen LogP contribution < -0.4 is 0 Å². The molecule has 0 N–H and O–H groups in total. The molecule has 0 atom stereocenters. The standard InChI is InChI=1S/C11H20OS/c1-12-10-4-6-11(7-5-10)13-8-9-2-3-9/h9-11H,2-8H2,1H3. The first-order valence-electron chi connectivity index (χ1n) is 5.53. The van der Waals surface area contributed by atoms with Crippen LogP contribution in [0.3, 0.4) is 0 Å². The Hall–Kier alpha value is 0.310. The van der Waals surface area contributed by atoms with Gasteiger partial charge in [-0.3, -0.25) is 0 Å².